The summed E-state index contributed by atoms with van der Waals surface area (Å²) >= 11 is 0. The molecule has 2 nitrogen and oxygen atoms in total. The monoisotopic (exact) mass is 230 g/mol. The van der Waals surface area contributed by atoms with Crippen LogP contribution in [0.4, 0.5) is 0 Å². The Balaban J connectivity index is 2.61. The molecule has 1 aromatic rings. The van der Waals surface area contributed by atoms with E-state index in [1.807, 2.05) is 13.1 Å². The van der Waals surface area contributed by atoms with Crippen molar-refractivity contribution in [2.24, 2.45) is 0 Å². The van der Waals surface area contributed by atoms with Gasteiger partial charge < -0.3 is 5.32 Å². The lowest BCUT2D eigenvalue weighted by molar-refractivity contribution is 0.486. The van der Waals surface area contributed by atoms with Crippen LogP contribution in [0.25, 0.3) is 0 Å². The maximum absolute atomic E-state index is 5.29. The number of nitrogens with one attached hydrogen (secondary N) is 1. The molecule has 0 saturated carbocycles. The standard InChI is InChI=1S/C15H22N2/c1-4-6-7-8-15(16-11-5-2)14-10-9-13(3)17-12-14/h1,9-10,12,15-16H,5-8,11H2,2-3H3. The van der Waals surface area contributed by atoms with Crippen LogP contribution in [0.2, 0.25) is 0 Å². The molecule has 1 aromatic heterocycles. The van der Waals surface area contributed by atoms with Crippen LogP contribution in [0.3, 0.4) is 0 Å². The number of pyridine rings is 1. The van der Waals surface area contributed by atoms with Gasteiger partial charge in [0, 0.05) is 24.4 Å². The number of aromatic nitrogens is 1. The summed E-state index contributed by atoms with van der Waals surface area (Å²) in [6.07, 6.45) is 11.4. The third kappa shape index (κ3) is 5.01. The van der Waals surface area contributed by atoms with Gasteiger partial charge in [0.2, 0.25) is 0 Å². The number of aryl methyl sites for hydroxylation is 1. The molecule has 0 spiro atoms. The highest BCUT2D eigenvalue weighted by Crippen LogP contribution is 2.18. The topological polar surface area (TPSA) is 24.9 Å². The van der Waals surface area contributed by atoms with Gasteiger partial charge in [-0.3, -0.25) is 4.98 Å². The van der Waals surface area contributed by atoms with Crippen LogP contribution in [-0.4, -0.2) is 11.5 Å². The fraction of sp³-hybridized carbons (Fsp3) is 0.533. The molecule has 1 N–H and O–H groups in total. The van der Waals surface area contributed by atoms with Crippen LogP contribution in [-0.2, 0) is 0 Å². The van der Waals surface area contributed by atoms with Gasteiger partial charge in [0.05, 0.1) is 0 Å². The van der Waals surface area contributed by atoms with Crippen LogP contribution in [0.1, 0.15) is 49.9 Å². The lowest BCUT2D eigenvalue weighted by Gasteiger charge is -2.18. The van der Waals surface area contributed by atoms with Gasteiger partial charge in [0.15, 0.2) is 0 Å². The molecule has 1 heterocycles. The van der Waals surface area contributed by atoms with Crippen molar-refractivity contribution in [2.75, 3.05) is 6.54 Å². The molecule has 0 aliphatic carbocycles. The number of rotatable bonds is 7. The summed E-state index contributed by atoms with van der Waals surface area (Å²) in [7, 11) is 0. The summed E-state index contributed by atoms with van der Waals surface area (Å²) in [6.45, 7) is 5.23. The first kappa shape index (κ1) is 13.7. The maximum Gasteiger partial charge on any atom is 0.0372 e. The molecular weight excluding hydrogens is 208 g/mol. The predicted molar refractivity (Wildman–Crippen MR) is 72.7 cm³/mol. The molecule has 0 saturated heterocycles. The third-order valence-electron chi connectivity index (χ3n) is 2.79. The van der Waals surface area contributed by atoms with Crippen molar-refractivity contribution in [3.05, 3.63) is 29.6 Å². The van der Waals surface area contributed by atoms with Gasteiger partial charge in [-0.05, 0) is 44.4 Å². The minimum absolute atomic E-state index is 0.386. The molecule has 1 rings (SSSR count). The van der Waals surface area contributed by atoms with Crippen LogP contribution < -0.4 is 5.32 Å². The second-order valence-corrected chi connectivity index (χ2v) is 4.34. The largest absolute Gasteiger partial charge is 0.310 e. The van der Waals surface area contributed by atoms with E-state index in [1.165, 1.54) is 5.56 Å². The van der Waals surface area contributed by atoms with Crippen LogP contribution in [0.15, 0.2) is 18.3 Å². The normalized spacial score (nSPS) is 12.1. The minimum Gasteiger partial charge on any atom is -0.310 e. The zero-order valence-corrected chi connectivity index (χ0v) is 10.9. The van der Waals surface area contributed by atoms with Gasteiger partial charge in [-0.1, -0.05) is 13.0 Å². The lowest BCUT2D eigenvalue weighted by Crippen LogP contribution is -2.22. The number of unbranched alkanes of at least 4 members (excludes halogenated alkanes) is 1. The molecule has 0 aromatic carbocycles. The summed E-state index contributed by atoms with van der Waals surface area (Å²) in [6, 6.07) is 4.61. The first-order valence-electron chi connectivity index (χ1n) is 6.37. The van der Waals surface area contributed by atoms with Crippen molar-refractivity contribution < 1.29 is 0 Å². The molecule has 1 atom stereocenters. The van der Waals surface area contributed by atoms with Gasteiger partial charge in [-0.25, -0.2) is 0 Å². The SMILES string of the molecule is C#CCCCC(NCCC)c1ccc(C)nc1. The first-order valence-corrected chi connectivity index (χ1v) is 6.37. The first-order chi connectivity index (χ1) is 8.27. The second kappa shape index (κ2) is 7.86. The van der Waals surface area contributed by atoms with E-state index in [2.05, 4.69) is 35.3 Å². The molecule has 0 aliphatic heterocycles. The number of hydrogen-bond donors (Lipinski definition) is 1. The van der Waals surface area contributed by atoms with Gasteiger partial charge in [-0.15, -0.1) is 12.3 Å². The molecule has 0 radical (unpaired) electrons. The van der Waals surface area contributed by atoms with Crippen molar-refractivity contribution in [2.45, 2.75) is 45.6 Å². The number of nitrogens with zero attached hydrogens (tertiary/aromatic N) is 1. The molecule has 0 amide bonds. The summed E-state index contributed by atoms with van der Waals surface area (Å²) in [5.41, 5.74) is 2.33. The van der Waals surface area contributed by atoms with E-state index in [1.54, 1.807) is 0 Å². The number of terminal acetylenes is 1. The van der Waals surface area contributed by atoms with Gasteiger partial charge >= 0.3 is 0 Å². The predicted octanol–water partition coefficient (Wildman–Crippen LogP) is 3.23. The highest BCUT2D eigenvalue weighted by Gasteiger charge is 2.10. The highest BCUT2D eigenvalue weighted by atomic mass is 14.9. The van der Waals surface area contributed by atoms with Crippen LogP contribution in [0.5, 0.6) is 0 Å². The van der Waals surface area contributed by atoms with Crippen molar-refractivity contribution in [3.63, 3.8) is 0 Å². The average molecular weight is 230 g/mol. The lowest BCUT2D eigenvalue weighted by atomic mass is 10.0. The Morgan fingerprint density at radius 3 is 2.88 bits per heavy atom. The Bertz CT molecular complexity index is 348. The van der Waals surface area contributed by atoms with E-state index in [9.17, 15) is 0 Å². The Kier molecular flexibility index (Phi) is 6.35. The molecule has 0 fully saturated rings. The number of hydrogen-bond acceptors (Lipinski definition) is 2. The smallest absolute Gasteiger partial charge is 0.0372 e. The van der Waals surface area contributed by atoms with Gasteiger partial charge in [0.25, 0.3) is 0 Å². The molecule has 17 heavy (non-hydrogen) atoms. The molecule has 2 heteroatoms. The van der Waals surface area contributed by atoms with Crippen LogP contribution >= 0.6 is 0 Å². The Hall–Kier alpha value is -1.33. The Morgan fingerprint density at radius 2 is 2.29 bits per heavy atom. The fourth-order valence-electron chi connectivity index (χ4n) is 1.80. The molecule has 0 bridgehead atoms. The Labute approximate surface area is 105 Å². The van der Waals surface area contributed by atoms with E-state index < -0.39 is 0 Å². The third-order valence-corrected chi connectivity index (χ3v) is 2.79. The van der Waals surface area contributed by atoms with Crippen molar-refractivity contribution in [1.82, 2.24) is 10.3 Å². The molecule has 0 aliphatic rings. The molecule has 1 unspecified atom stereocenters. The fourth-order valence-corrected chi connectivity index (χ4v) is 1.80. The second-order valence-electron chi connectivity index (χ2n) is 4.34. The molecular formula is C15H22N2. The van der Waals surface area contributed by atoms with Gasteiger partial charge in [0.1, 0.15) is 0 Å². The Morgan fingerprint density at radius 1 is 1.47 bits per heavy atom. The van der Waals surface area contributed by atoms with E-state index in [-0.39, 0.29) is 0 Å². The van der Waals surface area contributed by atoms with E-state index in [0.717, 1.165) is 37.9 Å². The van der Waals surface area contributed by atoms with Crippen LogP contribution in [0, 0.1) is 19.3 Å². The highest BCUT2D eigenvalue weighted by molar-refractivity contribution is 5.17. The summed E-state index contributed by atoms with van der Waals surface area (Å²) in [5, 5.41) is 3.56. The van der Waals surface area contributed by atoms with E-state index >= 15 is 0 Å². The van der Waals surface area contributed by atoms with Crippen molar-refractivity contribution >= 4 is 0 Å². The van der Waals surface area contributed by atoms with Crippen molar-refractivity contribution in [3.8, 4) is 12.3 Å². The van der Waals surface area contributed by atoms with Gasteiger partial charge in [-0.2, -0.15) is 0 Å². The summed E-state index contributed by atoms with van der Waals surface area (Å²) in [5.74, 6) is 2.70. The zero-order chi connectivity index (χ0) is 12.5. The minimum atomic E-state index is 0.386. The quantitative estimate of drug-likeness (QED) is 0.574. The van der Waals surface area contributed by atoms with E-state index in [0.29, 0.717) is 6.04 Å². The van der Waals surface area contributed by atoms with E-state index in [4.69, 9.17) is 6.42 Å². The average Bonchev–Trinajstić information content (AvgIpc) is 2.35. The summed E-state index contributed by atoms with van der Waals surface area (Å²) in [4.78, 5) is 4.36. The maximum atomic E-state index is 5.29. The van der Waals surface area contributed by atoms with Crippen molar-refractivity contribution in [1.29, 1.82) is 0 Å². The zero-order valence-electron chi connectivity index (χ0n) is 10.9. The summed E-state index contributed by atoms with van der Waals surface area (Å²) < 4.78 is 0. The molecule has 92 valence electrons.